The molecule has 0 bridgehead atoms. The van der Waals surface area contributed by atoms with Crippen LogP contribution in [0.2, 0.25) is 0 Å². The minimum atomic E-state index is -0.0449. The van der Waals surface area contributed by atoms with Crippen LogP contribution >= 0.6 is 0 Å². The minimum absolute atomic E-state index is 0.0449. The van der Waals surface area contributed by atoms with E-state index in [0.29, 0.717) is 0 Å². The lowest BCUT2D eigenvalue weighted by Crippen LogP contribution is -2.38. The average Bonchev–Trinajstić information content (AvgIpc) is 2.23. The van der Waals surface area contributed by atoms with Crippen molar-refractivity contribution in [2.45, 2.75) is 51.5 Å². The van der Waals surface area contributed by atoms with Gasteiger partial charge in [-0.15, -0.1) is 0 Å². The molecule has 0 aromatic heterocycles. The van der Waals surface area contributed by atoms with Gasteiger partial charge in [0.05, 0.1) is 0 Å². The first-order valence-corrected chi connectivity index (χ1v) is 5.98. The van der Waals surface area contributed by atoms with Gasteiger partial charge in [-0.2, -0.15) is 0 Å². The van der Waals surface area contributed by atoms with E-state index in [0.717, 1.165) is 12.8 Å². The maximum atomic E-state index is 6.50. The first kappa shape index (κ1) is 10.7. The normalized spacial score (nSPS) is 20.2. The smallest absolute Gasteiger partial charge is 0.0409 e. The lowest BCUT2D eigenvalue weighted by molar-refractivity contribution is 0.302. The summed E-state index contributed by atoms with van der Waals surface area (Å²) in [7, 11) is 0. The highest BCUT2D eigenvalue weighted by Gasteiger charge is 2.29. The SMILES string of the molecule is Cc1ccc(C2(N)CCCCC2)cc1C. The Bertz CT molecular complexity index is 348. The van der Waals surface area contributed by atoms with Crippen LogP contribution in [-0.2, 0) is 5.54 Å². The minimum Gasteiger partial charge on any atom is -0.321 e. The van der Waals surface area contributed by atoms with Gasteiger partial charge < -0.3 is 5.73 Å². The summed E-state index contributed by atoms with van der Waals surface area (Å²) in [5.74, 6) is 0. The first-order chi connectivity index (χ1) is 7.12. The van der Waals surface area contributed by atoms with Gasteiger partial charge in [0.1, 0.15) is 0 Å². The molecule has 0 atom stereocenters. The first-order valence-electron chi connectivity index (χ1n) is 5.98. The summed E-state index contributed by atoms with van der Waals surface area (Å²) in [6.45, 7) is 4.33. The van der Waals surface area contributed by atoms with Gasteiger partial charge in [-0.1, -0.05) is 37.5 Å². The molecule has 0 saturated heterocycles. The summed E-state index contributed by atoms with van der Waals surface area (Å²) in [5.41, 5.74) is 10.5. The van der Waals surface area contributed by atoms with Crippen LogP contribution in [0.15, 0.2) is 18.2 Å². The highest BCUT2D eigenvalue weighted by molar-refractivity contribution is 5.34. The van der Waals surface area contributed by atoms with E-state index in [-0.39, 0.29) is 5.54 Å². The number of hydrogen-bond donors (Lipinski definition) is 1. The molecule has 0 aliphatic heterocycles. The van der Waals surface area contributed by atoms with Crippen molar-refractivity contribution < 1.29 is 0 Å². The largest absolute Gasteiger partial charge is 0.321 e. The van der Waals surface area contributed by atoms with Crippen LogP contribution in [0.3, 0.4) is 0 Å². The molecule has 2 N–H and O–H groups in total. The molecular formula is C14H21N. The van der Waals surface area contributed by atoms with Gasteiger partial charge in [0, 0.05) is 5.54 Å². The molecular weight excluding hydrogens is 182 g/mol. The van der Waals surface area contributed by atoms with E-state index < -0.39 is 0 Å². The van der Waals surface area contributed by atoms with Crippen LogP contribution < -0.4 is 5.73 Å². The summed E-state index contributed by atoms with van der Waals surface area (Å²) in [6.07, 6.45) is 6.21. The zero-order chi connectivity index (χ0) is 10.9. The Labute approximate surface area is 92.7 Å². The molecule has 1 nitrogen and oxygen atoms in total. The maximum absolute atomic E-state index is 6.50. The van der Waals surface area contributed by atoms with E-state index in [9.17, 15) is 0 Å². The highest BCUT2D eigenvalue weighted by Crippen LogP contribution is 2.35. The van der Waals surface area contributed by atoms with Gasteiger partial charge >= 0.3 is 0 Å². The highest BCUT2D eigenvalue weighted by atomic mass is 14.7. The molecule has 1 aromatic rings. The second-order valence-electron chi connectivity index (χ2n) is 5.02. The Kier molecular flexibility index (Phi) is 2.83. The Morgan fingerprint density at radius 1 is 1.00 bits per heavy atom. The zero-order valence-electron chi connectivity index (χ0n) is 9.84. The van der Waals surface area contributed by atoms with Crippen molar-refractivity contribution in [1.29, 1.82) is 0 Å². The molecule has 0 spiro atoms. The molecule has 0 heterocycles. The van der Waals surface area contributed by atoms with Gasteiger partial charge in [0.25, 0.3) is 0 Å². The van der Waals surface area contributed by atoms with Crippen molar-refractivity contribution in [2.24, 2.45) is 5.73 Å². The standard InChI is InChI=1S/C14H21N/c1-11-6-7-13(10-12(11)2)14(15)8-4-3-5-9-14/h6-7,10H,3-5,8-9,15H2,1-2H3. The zero-order valence-corrected chi connectivity index (χ0v) is 9.84. The molecule has 1 heteroatoms. The van der Waals surface area contributed by atoms with Gasteiger partial charge in [0.15, 0.2) is 0 Å². The van der Waals surface area contributed by atoms with Crippen molar-refractivity contribution in [3.8, 4) is 0 Å². The van der Waals surface area contributed by atoms with Crippen LogP contribution in [0, 0.1) is 13.8 Å². The molecule has 1 fully saturated rings. The Hall–Kier alpha value is -0.820. The van der Waals surface area contributed by atoms with Crippen LogP contribution in [0.4, 0.5) is 0 Å². The molecule has 82 valence electrons. The fraction of sp³-hybridized carbons (Fsp3) is 0.571. The summed E-state index contributed by atoms with van der Waals surface area (Å²) >= 11 is 0. The number of aryl methyl sites for hydroxylation is 2. The fourth-order valence-electron chi connectivity index (χ4n) is 2.52. The van der Waals surface area contributed by atoms with Crippen LogP contribution in [0.25, 0.3) is 0 Å². The van der Waals surface area contributed by atoms with Crippen LogP contribution in [-0.4, -0.2) is 0 Å². The van der Waals surface area contributed by atoms with E-state index in [2.05, 4.69) is 32.0 Å². The van der Waals surface area contributed by atoms with Crippen molar-refractivity contribution in [2.75, 3.05) is 0 Å². The Morgan fingerprint density at radius 2 is 1.67 bits per heavy atom. The van der Waals surface area contributed by atoms with E-state index in [1.165, 1.54) is 36.0 Å². The van der Waals surface area contributed by atoms with Gasteiger partial charge in [0.2, 0.25) is 0 Å². The molecule has 1 aromatic carbocycles. The van der Waals surface area contributed by atoms with E-state index in [1.54, 1.807) is 0 Å². The lowest BCUT2D eigenvalue weighted by atomic mass is 9.77. The van der Waals surface area contributed by atoms with Crippen molar-refractivity contribution >= 4 is 0 Å². The fourth-order valence-corrected chi connectivity index (χ4v) is 2.52. The third-order valence-electron chi connectivity index (χ3n) is 3.83. The molecule has 0 radical (unpaired) electrons. The molecule has 0 unspecified atom stereocenters. The quantitative estimate of drug-likeness (QED) is 0.743. The molecule has 2 rings (SSSR count). The number of nitrogens with two attached hydrogens (primary N) is 1. The third kappa shape index (κ3) is 2.07. The summed E-state index contributed by atoms with van der Waals surface area (Å²) in [6, 6.07) is 6.70. The maximum Gasteiger partial charge on any atom is 0.0409 e. The predicted molar refractivity (Wildman–Crippen MR) is 64.9 cm³/mol. The third-order valence-corrected chi connectivity index (χ3v) is 3.83. The number of rotatable bonds is 1. The lowest BCUT2D eigenvalue weighted by Gasteiger charge is -2.34. The van der Waals surface area contributed by atoms with Crippen molar-refractivity contribution in [3.63, 3.8) is 0 Å². The van der Waals surface area contributed by atoms with E-state index in [1.807, 2.05) is 0 Å². The van der Waals surface area contributed by atoms with E-state index >= 15 is 0 Å². The van der Waals surface area contributed by atoms with Crippen molar-refractivity contribution in [3.05, 3.63) is 34.9 Å². The molecule has 0 amide bonds. The molecule has 1 saturated carbocycles. The molecule has 1 aliphatic carbocycles. The summed E-state index contributed by atoms with van der Waals surface area (Å²) in [4.78, 5) is 0. The van der Waals surface area contributed by atoms with Crippen LogP contribution in [0.1, 0.15) is 48.8 Å². The monoisotopic (exact) mass is 203 g/mol. The topological polar surface area (TPSA) is 26.0 Å². The predicted octanol–water partition coefficient (Wildman–Crippen LogP) is 3.42. The van der Waals surface area contributed by atoms with E-state index in [4.69, 9.17) is 5.73 Å². The second-order valence-corrected chi connectivity index (χ2v) is 5.02. The summed E-state index contributed by atoms with van der Waals surface area (Å²) < 4.78 is 0. The Balaban J connectivity index is 2.31. The summed E-state index contributed by atoms with van der Waals surface area (Å²) in [5, 5.41) is 0. The molecule has 15 heavy (non-hydrogen) atoms. The second kappa shape index (κ2) is 3.97. The van der Waals surface area contributed by atoms with Gasteiger partial charge in [-0.05, 0) is 43.4 Å². The Morgan fingerprint density at radius 3 is 2.27 bits per heavy atom. The average molecular weight is 203 g/mol. The van der Waals surface area contributed by atoms with Gasteiger partial charge in [-0.3, -0.25) is 0 Å². The van der Waals surface area contributed by atoms with Crippen molar-refractivity contribution in [1.82, 2.24) is 0 Å². The van der Waals surface area contributed by atoms with Gasteiger partial charge in [-0.25, -0.2) is 0 Å². The number of hydrogen-bond acceptors (Lipinski definition) is 1. The number of benzene rings is 1. The molecule has 1 aliphatic rings. The van der Waals surface area contributed by atoms with Crippen LogP contribution in [0.5, 0.6) is 0 Å².